The van der Waals surface area contributed by atoms with Gasteiger partial charge in [0, 0.05) is 44.3 Å². The molecule has 2 aliphatic rings. The monoisotopic (exact) mass is 457 g/mol. The Kier molecular flexibility index (Phi) is 5.52. The summed E-state index contributed by atoms with van der Waals surface area (Å²) >= 11 is 0. The van der Waals surface area contributed by atoms with E-state index in [1.54, 1.807) is 12.4 Å². The maximum atomic E-state index is 9.70. The molecule has 0 spiro atoms. The Morgan fingerprint density at radius 3 is 2.71 bits per heavy atom. The van der Waals surface area contributed by atoms with Crippen molar-refractivity contribution in [3.63, 3.8) is 0 Å². The smallest absolute Gasteiger partial charge is 0.156 e. The maximum absolute atomic E-state index is 9.70. The zero-order chi connectivity index (χ0) is 22.9. The van der Waals surface area contributed by atoms with Gasteiger partial charge in [0.1, 0.15) is 17.3 Å². The molecule has 2 aliphatic heterocycles. The Hall–Kier alpha value is -3.63. The van der Waals surface area contributed by atoms with Crippen LogP contribution in [0.25, 0.3) is 28.1 Å². The van der Waals surface area contributed by atoms with E-state index < -0.39 is 0 Å². The maximum Gasteiger partial charge on any atom is 0.156 e. The van der Waals surface area contributed by atoms with Crippen LogP contribution >= 0.6 is 0 Å². The van der Waals surface area contributed by atoms with Crippen molar-refractivity contribution < 1.29 is 5.11 Å². The number of fused-ring (bicyclic) bond motifs is 1. The third-order valence-electron chi connectivity index (χ3n) is 6.60. The summed E-state index contributed by atoms with van der Waals surface area (Å²) in [5, 5.41) is 18.6. The van der Waals surface area contributed by atoms with E-state index in [1.807, 2.05) is 41.3 Å². The molecule has 10 heteroatoms. The third-order valence-corrected chi connectivity index (χ3v) is 6.60. The number of aliphatic hydroxyl groups is 1. The number of rotatable bonds is 5. The molecule has 0 bridgehead atoms. The largest absolute Gasteiger partial charge is 0.394 e. The highest BCUT2D eigenvalue weighted by Gasteiger charge is 2.25. The van der Waals surface area contributed by atoms with E-state index >= 15 is 0 Å². The van der Waals surface area contributed by atoms with Gasteiger partial charge in [-0.15, -0.1) is 0 Å². The minimum atomic E-state index is 0.0930. The first-order valence-corrected chi connectivity index (χ1v) is 11.8. The lowest BCUT2D eigenvalue weighted by Crippen LogP contribution is -2.43. The molecule has 0 saturated carbocycles. The molecule has 0 aliphatic carbocycles. The molecule has 0 amide bonds. The van der Waals surface area contributed by atoms with E-state index in [2.05, 4.69) is 30.2 Å². The summed E-state index contributed by atoms with van der Waals surface area (Å²) in [6, 6.07) is 8.13. The first-order chi connectivity index (χ1) is 16.8. The number of pyridine rings is 2. The topological polar surface area (TPSA) is 108 Å². The lowest BCUT2D eigenvalue weighted by atomic mass is 10.2. The molecule has 2 N–H and O–H groups in total. The molecular formula is C24H27N9O. The fourth-order valence-electron chi connectivity index (χ4n) is 4.79. The molecule has 174 valence electrons. The van der Waals surface area contributed by atoms with Crippen molar-refractivity contribution in [2.75, 3.05) is 49.1 Å². The molecule has 0 aromatic carbocycles. The van der Waals surface area contributed by atoms with Gasteiger partial charge in [-0.05, 0) is 31.0 Å². The molecule has 1 atom stereocenters. The highest BCUT2D eigenvalue weighted by Crippen LogP contribution is 2.27. The number of piperazine rings is 1. The fourth-order valence-corrected chi connectivity index (χ4v) is 4.79. The van der Waals surface area contributed by atoms with Crippen molar-refractivity contribution in [2.24, 2.45) is 0 Å². The van der Waals surface area contributed by atoms with E-state index in [0.717, 1.165) is 79.6 Å². The van der Waals surface area contributed by atoms with Crippen LogP contribution in [-0.2, 0) is 0 Å². The summed E-state index contributed by atoms with van der Waals surface area (Å²) in [6.45, 7) is 4.79. The van der Waals surface area contributed by atoms with Crippen molar-refractivity contribution in [1.29, 1.82) is 0 Å². The Balaban J connectivity index is 1.35. The van der Waals surface area contributed by atoms with Crippen molar-refractivity contribution in [3.05, 3.63) is 49.1 Å². The van der Waals surface area contributed by atoms with Gasteiger partial charge in [0.05, 0.1) is 42.4 Å². The number of nitrogens with one attached hydrogen (secondary N) is 1. The van der Waals surface area contributed by atoms with Gasteiger partial charge in [0.15, 0.2) is 5.82 Å². The molecule has 10 nitrogen and oxygen atoms in total. The van der Waals surface area contributed by atoms with Crippen LogP contribution in [0.5, 0.6) is 0 Å². The van der Waals surface area contributed by atoms with Crippen molar-refractivity contribution in [2.45, 2.75) is 18.9 Å². The molecule has 4 aromatic heterocycles. The third kappa shape index (κ3) is 3.84. The molecule has 34 heavy (non-hydrogen) atoms. The van der Waals surface area contributed by atoms with Crippen molar-refractivity contribution in [1.82, 2.24) is 35.0 Å². The Morgan fingerprint density at radius 2 is 1.82 bits per heavy atom. The Bertz CT molecular complexity index is 1300. The summed E-state index contributed by atoms with van der Waals surface area (Å²) in [6.07, 6.45) is 9.11. The van der Waals surface area contributed by atoms with Crippen LogP contribution in [0.15, 0.2) is 49.1 Å². The van der Waals surface area contributed by atoms with Crippen LogP contribution < -0.4 is 15.1 Å². The quantitative estimate of drug-likeness (QED) is 0.462. The number of hydrogen-bond donors (Lipinski definition) is 2. The van der Waals surface area contributed by atoms with Gasteiger partial charge in [-0.2, -0.15) is 5.10 Å². The number of aromatic nitrogens is 6. The summed E-state index contributed by atoms with van der Waals surface area (Å²) < 4.78 is 1.85. The second kappa shape index (κ2) is 8.96. The number of nitrogens with zero attached hydrogens (tertiary/aromatic N) is 8. The number of anilines is 2. The number of aliphatic hydroxyl groups excluding tert-OH is 1. The van der Waals surface area contributed by atoms with Crippen molar-refractivity contribution in [3.8, 4) is 17.2 Å². The first-order valence-electron chi connectivity index (χ1n) is 11.8. The van der Waals surface area contributed by atoms with Crippen LogP contribution in [0, 0.1) is 0 Å². The normalized spacial score (nSPS) is 18.7. The lowest BCUT2D eigenvalue weighted by molar-refractivity contribution is 0.266. The van der Waals surface area contributed by atoms with Gasteiger partial charge in [-0.25, -0.2) is 14.6 Å². The average molecular weight is 458 g/mol. The molecule has 0 radical (unpaired) electrons. The van der Waals surface area contributed by atoms with Gasteiger partial charge in [0.2, 0.25) is 0 Å². The van der Waals surface area contributed by atoms with Gasteiger partial charge in [-0.1, -0.05) is 6.07 Å². The Labute approximate surface area is 197 Å². The predicted molar refractivity (Wildman–Crippen MR) is 130 cm³/mol. The van der Waals surface area contributed by atoms with Crippen LogP contribution in [-0.4, -0.2) is 80.2 Å². The zero-order valence-electron chi connectivity index (χ0n) is 18.9. The van der Waals surface area contributed by atoms with E-state index in [9.17, 15) is 5.11 Å². The minimum Gasteiger partial charge on any atom is -0.394 e. The van der Waals surface area contributed by atoms with Gasteiger partial charge >= 0.3 is 0 Å². The number of hydrogen-bond acceptors (Lipinski definition) is 9. The summed E-state index contributed by atoms with van der Waals surface area (Å²) in [5.41, 5.74) is 2.33. The zero-order valence-corrected chi connectivity index (χ0v) is 18.9. The molecule has 6 heterocycles. The predicted octanol–water partition coefficient (Wildman–Crippen LogP) is 1.64. The van der Waals surface area contributed by atoms with Gasteiger partial charge in [-0.3, -0.25) is 9.97 Å². The second-order valence-corrected chi connectivity index (χ2v) is 8.71. The van der Waals surface area contributed by atoms with Crippen LogP contribution in [0.1, 0.15) is 12.8 Å². The van der Waals surface area contributed by atoms with E-state index in [4.69, 9.17) is 9.97 Å². The Morgan fingerprint density at radius 1 is 0.941 bits per heavy atom. The van der Waals surface area contributed by atoms with E-state index in [0.29, 0.717) is 5.69 Å². The molecular weight excluding hydrogens is 430 g/mol. The molecule has 6 rings (SSSR count). The highest BCUT2D eigenvalue weighted by atomic mass is 16.3. The summed E-state index contributed by atoms with van der Waals surface area (Å²) in [5.74, 6) is 2.50. The minimum absolute atomic E-state index is 0.0930. The van der Waals surface area contributed by atoms with Gasteiger partial charge < -0.3 is 20.2 Å². The summed E-state index contributed by atoms with van der Waals surface area (Å²) in [7, 11) is 0. The molecule has 1 unspecified atom stereocenters. The average Bonchev–Trinajstić information content (AvgIpc) is 3.56. The SMILES string of the molecule is OCC1CCCN1c1cncc(-c2cc3c(cn2)cnn3-c2cccc(N3CCNCC3)n2)n1. The van der Waals surface area contributed by atoms with Crippen LogP contribution in [0.2, 0.25) is 0 Å². The van der Waals surface area contributed by atoms with Gasteiger partial charge in [0.25, 0.3) is 0 Å². The van der Waals surface area contributed by atoms with Crippen LogP contribution in [0.3, 0.4) is 0 Å². The standard InChI is InChI=1S/C24H27N9O/c34-16-18-3-2-8-32(18)24-15-26-14-20(29-24)19-11-21-17(12-27-19)13-28-33(21)23-5-1-4-22(30-23)31-9-6-25-7-10-31/h1,4-5,11-15,18,25,34H,2-3,6-10,16H2. The molecule has 4 aromatic rings. The molecule has 2 fully saturated rings. The second-order valence-electron chi connectivity index (χ2n) is 8.71. The van der Waals surface area contributed by atoms with Crippen LogP contribution in [0.4, 0.5) is 11.6 Å². The van der Waals surface area contributed by atoms with E-state index in [1.165, 1.54) is 0 Å². The fraction of sp³-hybridized carbons (Fsp3) is 0.375. The summed E-state index contributed by atoms with van der Waals surface area (Å²) in [4.78, 5) is 23.2. The lowest BCUT2D eigenvalue weighted by Gasteiger charge is -2.28. The molecule has 2 saturated heterocycles. The highest BCUT2D eigenvalue weighted by molar-refractivity contribution is 5.82. The first kappa shape index (κ1) is 20.9. The van der Waals surface area contributed by atoms with Crippen molar-refractivity contribution >= 4 is 22.5 Å². The van der Waals surface area contributed by atoms with E-state index in [-0.39, 0.29) is 12.6 Å².